The maximum absolute atomic E-state index is 12.6. The zero-order valence-electron chi connectivity index (χ0n) is 17.2. The summed E-state index contributed by atoms with van der Waals surface area (Å²) in [7, 11) is 1.58. The highest BCUT2D eigenvalue weighted by atomic mass is 16.5. The van der Waals surface area contributed by atoms with Crippen molar-refractivity contribution in [2.24, 2.45) is 5.92 Å². The smallest absolute Gasteiger partial charge is 0.338 e. The molecule has 0 aromatic heterocycles. The predicted molar refractivity (Wildman–Crippen MR) is 114 cm³/mol. The van der Waals surface area contributed by atoms with Crippen molar-refractivity contribution in [3.8, 4) is 5.75 Å². The molecule has 7 nitrogen and oxygen atoms in total. The van der Waals surface area contributed by atoms with Gasteiger partial charge >= 0.3 is 5.97 Å². The number of methoxy groups -OCH3 is 1. The van der Waals surface area contributed by atoms with E-state index in [9.17, 15) is 14.4 Å². The summed E-state index contributed by atoms with van der Waals surface area (Å²) in [5, 5.41) is 2.82. The van der Waals surface area contributed by atoms with Crippen LogP contribution in [0, 0.1) is 5.92 Å². The normalized spacial score (nSPS) is 15.7. The van der Waals surface area contributed by atoms with Gasteiger partial charge in [0.1, 0.15) is 5.75 Å². The zero-order chi connectivity index (χ0) is 21.5. The first kappa shape index (κ1) is 21.4. The van der Waals surface area contributed by atoms with Crippen LogP contribution in [-0.2, 0) is 14.3 Å². The summed E-state index contributed by atoms with van der Waals surface area (Å²) in [5.41, 5.74) is 1.74. The van der Waals surface area contributed by atoms with Gasteiger partial charge in [0.25, 0.3) is 0 Å². The first-order valence-corrected chi connectivity index (χ1v) is 10.0. The lowest BCUT2D eigenvalue weighted by atomic mass is 10.1. The van der Waals surface area contributed by atoms with Crippen LogP contribution in [0.4, 0.5) is 11.4 Å². The summed E-state index contributed by atoms with van der Waals surface area (Å²) in [5.74, 6) is -0.434. The van der Waals surface area contributed by atoms with E-state index in [0.717, 1.165) is 18.5 Å². The van der Waals surface area contributed by atoms with Gasteiger partial charge in [-0.1, -0.05) is 13.3 Å². The number of carbonyl (C=O) groups is 3. The van der Waals surface area contributed by atoms with Crippen molar-refractivity contribution in [2.45, 2.75) is 26.2 Å². The molecule has 2 aromatic rings. The van der Waals surface area contributed by atoms with Crippen LogP contribution < -0.4 is 15.0 Å². The molecule has 0 saturated carbocycles. The van der Waals surface area contributed by atoms with E-state index in [0.29, 0.717) is 30.2 Å². The highest BCUT2D eigenvalue weighted by Crippen LogP contribution is 2.27. The molecule has 1 N–H and O–H groups in total. The van der Waals surface area contributed by atoms with E-state index in [1.807, 2.05) is 6.92 Å². The lowest BCUT2D eigenvalue weighted by Gasteiger charge is -2.17. The lowest BCUT2D eigenvalue weighted by Crippen LogP contribution is -2.28. The Balaban J connectivity index is 1.56. The molecular formula is C23H26N2O5. The number of esters is 1. The zero-order valence-corrected chi connectivity index (χ0v) is 17.2. The molecule has 158 valence electrons. The molecule has 0 radical (unpaired) electrons. The quantitative estimate of drug-likeness (QED) is 0.530. The van der Waals surface area contributed by atoms with E-state index < -0.39 is 5.92 Å². The highest BCUT2D eigenvalue weighted by molar-refractivity contribution is 6.03. The van der Waals surface area contributed by atoms with E-state index >= 15 is 0 Å². The average molecular weight is 410 g/mol. The fraction of sp³-hybridized carbons (Fsp3) is 0.348. The Morgan fingerprint density at radius 3 is 2.43 bits per heavy atom. The van der Waals surface area contributed by atoms with Gasteiger partial charge in [0.15, 0.2) is 0 Å². The molecular weight excluding hydrogens is 384 g/mol. The molecule has 1 aliphatic rings. The number of nitrogens with zero attached hydrogens (tertiary/aromatic N) is 1. The Morgan fingerprint density at radius 2 is 1.80 bits per heavy atom. The van der Waals surface area contributed by atoms with Crippen LogP contribution in [0.2, 0.25) is 0 Å². The van der Waals surface area contributed by atoms with Gasteiger partial charge in [0.2, 0.25) is 11.8 Å². The van der Waals surface area contributed by atoms with Crippen molar-refractivity contribution in [1.82, 2.24) is 0 Å². The molecule has 1 atom stereocenters. The summed E-state index contributed by atoms with van der Waals surface area (Å²) in [4.78, 5) is 38.6. The minimum Gasteiger partial charge on any atom is -0.497 e. The Hall–Kier alpha value is -3.35. The topological polar surface area (TPSA) is 84.9 Å². The fourth-order valence-electron chi connectivity index (χ4n) is 3.22. The molecule has 2 aromatic carbocycles. The van der Waals surface area contributed by atoms with Crippen molar-refractivity contribution in [1.29, 1.82) is 0 Å². The molecule has 7 heteroatoms. The minimum atomic E-state index is -0.446. The second-order valence-electron chi connectivity index (χ2n) is 7.16. The second-order valence-corrected chi connectivity index (χ2v) is 7.16. The summed E-state index contributed by atoms with van der Waals surface area (Å²) in [6, 6.07) is 13.7. The lowest BCUT2D eigenvalue weighted by molar-refractivity contribution is -0.122. The van der Waals surface area contributed by atoms with Crippen LogP contribution >= 0.6 is 0 Å². The predicted octanol–water partition coefficient (Wildman–Crippen LogP) is 3.64. The van der Waals surface area contributed by atoms with Gasteiger partial charge in [-0.3, -0.25) is 9.59 Å². The molecule has 0 aliphatic carbocycles. The Labute approximate surface area is 176 Å². The van der Waals surface area contributed by atoms with Crippen LogP contribution in [0.1, 0.15) is 36.5 Å². The standard InChI is InChI=1S/C23H26N2O5/c1-3-4-13-30-23(28)16-5-7-18(8-6-16)24-22(27)17-14-21(26)25(15-17)19-9-11-20(29-2)12-10-19/h5-12,17H,3-4,13-15H2,1-2H3,(H,24,27)/t17-/m1/s1. The number of anilines is 2. The summed E-state index contributed by atoms with van der Waals surface area (Å²) < 4.78 is 10.3. The third kappa shape index (κ3) is 5.17. The summed E-state index contributed by atoms with van der Waals surface area (Å²) >= 11 is 0. The monoisotopic (exact) mass is 410 g/mol. The van der Waals surface area contributed by atoms with E-state index in [4.69, 9.17) is 9.47 Å². The Kier molecular flexibility index (Phi) is 7.06. The molecule has 3 rings (SSSR count). The van der Waals surface area contributed by atoms with Crippen LogP contribution in [0.3, 0.4) is 0 Å². The molecule has 0 spiro atoms. The van der Waals surface area contributed by atoms with Gasteiger partial charge in [0, 0.05) is 24.3 Å². The average Bonchev–Trinajstić information content (AvgIpc) is 3.16. The third-order valence-electron chi connectivity index (χ3n) is 5.00. The van der Waals surface area contributed by atoms with Crippen LogP contribution in [0.15, 0.2) is 48.5 Å². The van der Waals surface area contributed by atoms with Crippen LogP contribution in [0.5, 0.6) is 5.75 Å². The molecule has 1 saturated heterocycles. The van der Waals surface area contributed by atoms with Crippen molar-refractivity contribution in [3.63, 3.8) is 0 Å². The molecule has 30 heavy (non-hydrogen) atoms. The van der Waals surface area contributed by atoms with E-state index in [1.165, 1.54) is 0 Å². The van der Waals surface area contributed by atoms with Gasteiger partial charge < -0.3 is 19.7 Å². The fourth-order valence-corrected chi connectivity index (χ4v) is 3.22. The maximum atomic E-state index is 12.6. The van der Waals surface area contributed by atoms with E-state index in [2.05, 4.69) is 5.32 Å². The SMILES string of the molecule is CCCCOC(=O)c1ccc(NC(=O)[C@@H]2CC(=O)N(c3ccc(OC)cc3)C2)cc1. The number of rotatable bonds is 8. The maximum Gasteiger partial charge on any atom is 0.338 e. The van der Waals surface area contributed by atoms with Crippen molar-refractivity contribution in [3.05, 3.63) is 54.1 Å². The molecule has 1 heterocycles. The number of nitrogens with one attached hydrogen (secondary N) is 1. The number of amides is 2. The molecule has 2 amide bonds. The summed E-state index contributed by atoms with van der Waals surface area (Å²) in [6.45, 7) is 2.74. The van der Waals surface area contributed by atoms with E-state index in [-0.39, 0.29) is 24.2 Å². The molecule has 0 bridgehead atoms. The number of hydrogen-bond acceptors (Lipinski definition) is 5. The molecule has 1 fully saturated rings. The van der Waals surface area contributed by atoms with Crippen LogP contribution in [0.25, 0.3) is 0 Å². The largest absolute Gasteiger partial charge is 0.497 e. The van der Waals surface area contributed by atoms with Gasteiger partial charge in [0.05, 0.1) is 25.2 Å². The van der Waals surface area contributed by atoms with Gasteiger partial charge in [-0.15, -0.1) is 0 Å². The Morgan fingerprint density at radius 1 is 1.10 bits per heavy atom. The molecule has 1 aliphatic heterocycles. The third-order valence-corrected chi connectivity index (χ3v) is 5.00. The van der Waals surface area contributed by atoms with Gasteiger partial charge in [-0.2, -0.15) is 0 Å². The van der Waals surface area contributed by atoms with Crippen molar-refractivity contribution < 1.29 is 23.9 Å². The van der Waals surface area contributed by atoms with Crippen LogP contribution in [-0.4, -0.2) is 38.0 Å². The number of hydrogen-bond donors (Lipinski definition) is 1. The highest BCUT2D eigenvalue weighted by Gasteiger charge is 2.35. The first-order chi connectivity index (χ1) is 14.5. The Bertz CT molecular complexity index is 893. The number of benzene rings is 2. The summed E-state index contributed by atoms with van der Waals surface area (Å²) in [6.07, 6.45) is 1.94. The number of carbonyl (C=O) groups excluding carboxylic acids is 3. The van der Waals surface area contributed by atoms with E-state index in [1.54, 1.807) is 60.5 Å². The number of ether oxygens (including phenoxy) is 2. The van der Waals surface area contributed by atoms with Crippen molar-refractivity contribution >= 4 is 29.2 Å². The van der Waals surface area contributed by atoms with Crippen molar-refractivity contribution in [2.75, 3.05) is 30.5 Å². The van der Waals surface area contributed by atoms with Gasteiger partial charge in [-0.25, -0.2) is 4.79 Å². The number of unbranched alkanes of at least 4 members (excludes halogenated alkanes) is 1. The minimum absolute atomic E-state index is 0.0921. The second kappa shape index (κ2) is 9.91. The molecule has 0 unspecified atom stereocenters. The first-order valence-electron chi connectivity index (χ1n) is 10.0. The van der Waals surface area contributed by atoms with Gasteiger partial charge in [-0.05, 0) is 55.0 Å².